The molecule has 1 amide bonds. The van der Waals surface area contributed by atoms with Crippen molar-refractivity contribution in [2.24, 2.45) is 0 Å². The van der Waals surface area contributed by atoms with Gasteiger partial charge in [0, 0.05) is 30.7 Å². The third kappa shape index (κ3) is 5.41. The van der Waals surface area contributed by atoms with Crippen LogP contribution in [0.4, 0.5) is 5.82 Å². The Hall–Kier alpha value is -2.18. The molecular weight excluding hydrogens is 340 g/mol. The molecule has 2 aromatic rings. The number of hydrogen-bond donors (Lipinski definition) is 1. The second-order valence-electron chi connectivity index (χ2n) is 5.84. The molecule has 0 aliphatic carbocycles. The van der Waals surface area contributed by atoms with E-state index in [1.54, 1.807) is 6.20 Å². The zero-order chi connectivity index (χ0) is 17.5. The van der Waals surface area contributed by atoms with Gasteiger partial charge >= 0.3 is 0 Å². The molecule has 0 bridgehead atoms. The van der Waals surface area contributed by atoms with E-state index in [4.69, 9.17) is 16.3 Å². The summed E-state index contributed by atoms with van der Waals surface area (Å²) >= 11 is 5.95. The number of hydrogen-bond acceptors (Lipinski definition) is 5. The number of anilines is 1. The molecule has 1 N–H and O–H groups in total. The molecule has 0 spiro atoms. The van der Waals surface area contributed by atoms with Crippen LogP contribution in [0.15, 0.2) is 36.5 Å². The number of carbonyl (C=O) groups excluding carboxylic acids is 1. The maximum Gasteiger partial charge on any atom is 0.220 e. The van der Waals surface area contributed by atoms with E-state index in [-0.39, 0.29) is 5.91 Å². The van der Waals surface area contributed by atoms with Crippen molar-refractivity contribution in [3.8, 4) is 0 Å². The lowest BCUT2D eigenvalue weighted by molar-refractivity contribution is -0.121. The van der Waals surface area contributed by atoms with Gasteiger partial charge < -0.3 is 15.0 Å². The van der Waals surface area contributed by atoms with Crippen molar-refractivity contribution in [1.82, 2.24) is 15.3 Å². The summed E-state index contributed by atoms with van der Waals surface area (Å²) in [5.74, 6) is 1.46. The van der Waals surface area contributed by atoms with Gasteiger partial charge in [0.1, 0.15) is 11.6 Å². The van der Waals surface area contributed by atoms with Crippen molar-refractivity contribution in [1.29, 1.82) is 0 Å². The highest BCUT2D eigenvalue weighted by Crippen LogP contribution is 2.13. The lowest BCUT2D eigenvalue weighted by atomic mass is 10.1. The van der Waals surface area contributed by atoms with E-state index in [0.29, 0.717) is 43.4 Å². The molecular formula is C18H21ClN4O2. The Morgan fingerprint density at radius 3 is 2.92 bits per heavy atom. The van der Waals surface area contributed by atoms with Gasteiger partial charge in [-0.25, -0.2) is 9.97 Å². The fourth-order valence-electron chi connectivity index (χ4n) is 2.66. The summed E-state index contributed by atoms with van der Waals surface area (Å²) in [4.78, 5) is 23.0. The number of aromatic nitrogens is 2. The average Bonchev–Trinajstić information content (AvgIpc) is 2.66. The Balaban J connectivity index is 1.48. The Labute approximate surface area is 152 Å². The van der Waals surface area contributed by atoms with Crippen LogP contribution in [0.3, 0.4) is 0 Å². The van der Waals surface area contributed by atoms with Crippen molar-refractivity contribution in [3.63, 3.8) is 0 Å². The van der Waals surface area contributed by atoms with Crippen LogP contribution in [0.1, 0.15) is 17.8 Å². The Morgan fingerprint density at radius 1 is 1.28 bits per heavy atom. The third-order valence-electron chi connectivity index (χ3n) is 4.00. The van der Waals surface area contributed by atoms with E-state index in [1.165, 1.54) is 0 Å². The van der Waals surface area contributed by atoms with E-state index >= 15 is 0 Å². The number of morpholine rings is 1. The molecule has 0 atom stereocenters. The molecule has 3 rings (SSSR count). The van der Waals surface area contributed by atoms with Gasteiger partial charge in [-0.2, -0.15) is 0 Å². The summed E-state index contributed by atoms with van der Waals surface area (Å²) in [5, 5.41) is 3.56. The molecule has 132 valence electrons. The number of nitrogens with one attached hydrogen (secondary N) is 1. The smallest absolute Gasteiger partial charge is 0.220 e. The van der Waals surface area contributed by atoms with Crippen LogP contribution in [-0.4, -0.2) is 42.2 Å². The topological polar surface area (TPSA) is 67.4 Å². The van der Waals surface area contributed by atoms with E-state index in [1.807, 2.05) is 30.3 Å². The lowest BCUT2D eigenvalue weighted by Crippen LogP contribution is -2.37. The highest BCUT2D eigenvalue weighted by molar-refractivity contribution is 6.30. The number of ether oxygens (including phenoxy) is 1. The molecule has 1 aliphatic heterocycles. The summed E-state index contributed by atoms with van der Waals surface area (Å²) in [5.41, 5.74) is 1.05. The number of nitrogens with zero attached hydrogens (tertiary/aromatic N) is 3. The number of benzene rings is 1. The first-order valence-corrected chi connectivity index (χ1v) is 8.74. The molecule has 1 saturated heterocycles. The highest BCUT2D eigenvalue weighted by Gasteiger charge is 2.13. The summed E-state index contributed by atoms with van der Waals surface area (Å²) in [7, 11) is 0. The van der Waals surface area contributed by atoms with Crippen molar-refractivity contribution in [2.75, 3.05) is 31.2 Å². The fraction of sp³-hybridized carbons (Fsp3) is 0.389. The summed E-state index contributed by atoms with van der Waals surface area (Å²) < 4.78 is 5.35. The molecule has 1 aromatic carbocycles. The minimum Gasteiger partial charge on any atom is -0.378 e. The van der Waals surface area contributed by atoms with Gasteiger partial charge in [0.15, 0.2) is 0 Å². The molecule has 6 nitrogen and oxygen atoms in total. The van der Waals surface area contributed by atoms with Crippen LogP contribution in [0, 0.1) is 0 Å². The van der Waals surface area contributed by atoms with Gasteiger partial charge in [0.2, 0.25) is 5.91 Å². The van der Waals surface area contributed by atoms with Crippen LogP contribution in [0.25, 0.3) is 0 Å². The molecule has 1 fully saturated rings. The highest BCUT2D eigenvalue weighted by atomic mass is 35.5. The third-order valence-corrected chi connectivity index (χ3v) is 4.23. The minimum atomic E-state index is -0.0275. The number of rotatable bonds is 6. The van der Waals surface area contributed by atoms with Crippen LogP contribution >= 0.6 is 11.6 Å². The Morgan fingerprint density at radius 2 is 2.12 bits per heavy atom. The minimum absolute atomic E-state index is 0.0275. The Bertz CT molecular complexity index is 720. The van der Waals surface area contributed by atoms with Gasteiger partial charge in [-0.15, -0.1) is 0 Å². The van der Waals surface area contributed by atoms with E-state index in [2.05, 4.69) is 20.2 Å². The number of halogens is 1. The van der Waals surface area contributed by atoms with Gasteiger partial charge in [0.05, 0.1) is 19.8 Å². The number of amides is 1. The molecule has 0 radical (unpaired) electrons. The van der Waals surface area contributed by atoms with Gasteiger partial charge in [-0.1, -0.05) is 23.7 Å². The average molecular weight is 361 g/mol. The lowest BCUT2D eigenvalue weighted by Gasteiger charge is -2.27. The molecule has 1 aromatic heterocycles. The zero-order valence-electron chi connectivity index (χ0n) is 13.9. The zero-order valence-corrected chi connectivity index (χ0v) is 14.7. The predicted octanol–water partition coefficient (Wildman–Crippen LogP) is 2.22. The summed E-state index contributed by atoms with van der Waals surface area (Å²) in [6.07, 6.45) is 2.79. The van der Waals surface area contributed by atoms with Crippen LogP contribution in [0.5, 0.6) is 0 Å². The Kier molecular flexibility index (Phi) is 6.19. The van der Waals surface area contributed by atoms with Crippen molar-refractivity contribution >= 4 is 23.3 Å². The molecule has 0 saturated carbocycles. The maximum atomic E-state index is 12.0. The summed E-state index contributed by atoms with van der Waals surface area (Å²) in [6.45, 7) is 3.39. The van der Waals surface area contributed by atoms with Crippen LogP contribution < -0.4 is 10.2 Å². The summed E-state index contributed by atoms with van der Waals surface area (Å²) in [6, 6.07) is 9.44. The SMILES string of the molecule is O=C(CCc1cccc(Cl)c1)NCc1nccc(N2CCOCC2)n1. The predicted molar refractivity (Wildman–Crippen MR) is 96.7 cm³/mol. The monoisotopic (exact) mass is 360 g/mol. The normalized spacial score (nSPS) is 14.4. The van der Waals surface area contributed by atoms with Gasteiger partial charge in [-0.3, -0.25) is 4.79 Å². The van der Waals surface area contributed by atoms with E-state index in [0.717, 1.165) is 24.5 Å². The molecule has 1 aliphatic rings. The second-order valence-corrected chi connectivity index (χ2v) is 6.27. The maximum absolute atomic E-state index is 12.0. The van der Waals surface area contributed by atoms with Crippen LogP contribution in [0.2, 0.25) is 5.02 Å². The van der Waals surface area contributed by atoms with E-state index in [9.17, 15) is 4.79 Å². The first-order valence-electron chi connectivity index (χ1n) is 8.36. The fourth-order valence-corrected chi connectivity index (χ4v) is 2.87. The van der Waals surface area contributed by atoms with Crippen LogP contribution in [-0.2, 0) is 22.5 Å². The van der Waals surface area contributed by atoms with Gasteiger partial charge in [0.25, 0.3) is 0 Å². The molecule has 25 heavy (non-hydrogen) atoms. The van der Waals surface area contributed by atoms with Crippen molar-refractivity contribution < 1.29 is 9.53 Å². The largest absolute Gasteiger partial charge is 0.378 e. The standard InChI is InChI=1S/C18H21ClN4O2/c19-15-3-1-2-14(12-15)4-5-18(24)21-13-16-20-7-6-17(22-16)23-8-10-25-11-9-23/h1-3,6-7,12H,4-5,8-11,13H2,(H,21,24). The first kappa shape index (κ1) is 17.6. The first-order chi connectivity index (χ1) is 12.2. The van der Waals surface area contributed by atoms with Crippen molar-refractivity contribution in [3.05, 3.63) is 52.9 Å². The van der Waals surface area contributed by atoms with E-state index < -0.39 is 0 Å². The molecule has 0 unspecified atom stereocenters. The number of carbonyl (C=O) groups is 1. The second kappa shape index (κ2) is 8.78. The molecule has 2 heterocycles. The molecule has 7 heteroatoms. The van der Waals surface area contributed by atoms with Crippen molar-refractivity contribution in [2.45, 2.75) is 19.4 Å². The number of aryl methyl sites for hydroxylation is 1. The quantitative estimate of drug-likeness (QED) is 0.855. The van der Waals surface area contributed by atoms with Gasteiger partial charge in [-0.05, 0) is 30.2 Å².